The Morgan fingerprint density at radius 2 is 1.94 bits per heavy atom. The highest BCUT2D eigenvalue weighted by molar-refractivity contribution is 9.11. The SMILES string of the molecule is Cc1cc(C(=O)c2ccc(Br)s2)c(C)cc1Cl. The maximum atomic E-state index is 12.3. The number of carbonyl (C=O) groups is 1. The van der Waals surface area contributed by atoms with Gasteiger partial charge in [0.25, 0.3) is 0 Å². The Hall–Kier alpha value is -0.640. The van der Waals surface area contributed by atoms with Crippen molar-refractivity contribution in [2.75, 3.05) is 0 Å². The monoisotopic (exact) mass is 328 g/mol. The number of halogens is 2. The standard InChI is InChI=1S/C13H10BrClOS/c1-7-6-10(15)8(2)5-9(7)13(16)11-3-4-12(14)17-11/h3-6H,1-2H3. The molecule has 0 aliphatic rings. The normalized spacial score (nSPS) is 10.6. The van der Waals surface area contributed by atoms with Gasteiger partial charge in [0, 0.05) is 10.6 Å². The molecule has 1 heterocycles. The molecule has 17 heavy (non-hydrogen) atoms. The lowest BCUT2D eigenvalue weighted by Crippen LogP contribution is -2.02. The zero-order valence-electron chi connectivity index (χ0n) is 9.38. The van der Waals surface area contributed by atoms with E-state index in [-0.39, 0.29) is 5.78 Å². The van der Waals surface area contributed by atoms with Gasteiger partial charge >= 0.3 is 0 Å². The van der Waals surface area contributed by atoms with E-state index < -0.39 is 0 Å². The summed E-state index contributed by atoms with van der Waals surface area (Å²) < 4.78 is 0.962. The van der Waals surface area contributed by atoms with Crippen LogP contribution in [0.2, 0.25) is 5.02 Å². The van der Waals surface area contributed by atoms with Crippen LogP contribution in [-0.2, 0) is 0 Å². The number of hydrogen-bond acceptors (Lipinski definition) is 2. The van der Waals surface area contributed by atoms with E-state index >= 15 is 0 Å². The van der Waals surface area contributed by atoms with Crippen LogP contribution in [0.1, 0.15) is 26.4 Å². The number of ketones is 1. The molecule has 0 N–H and O–H groups in total. The van der Waals surface area contributed by atoms with Crippen molar-refractivity contribution in [2.45, 2.75) is 13.8 Å². The molecule has 1 aromatic heterocycles. The maximum absolute atomic E-state index is 12.3. The molecule has 0 saturated carbocycles. The van der Waals surface area contributed by atoms with Gasteiger partial charge in [-0.15, -0.1) is 11.3 Å². The van der Waals surface area contributed by atoms with Crippen LogP contribution >= 0.6 is 38.9 Å². The molecule has 0 atom stereocenters. The van der Waals surface area contributed by atoms with Crippen molar-refractivity contribution in [3.63, 3.8) is 0 Å². The predicted octanol–water partition coefficient (Wildman–Crippen LogP) is 5.01. The van der Waals surface area contributed by atoms with Crippen LogP contribution in [0, 0.1) is 13.8 Å². The lowest BCUT2D eigenvalue weighted by molar-refractivity contribution is 0.104. The van der Waals surface area contributed by atoms with Gasteiger partial charge in [0.2, 0.25) is 5.78 Å². The predicted molar refractivity (Wildman–Crippen MR) is 76.4 cm³/mol. The fourth-order valence-corrected chi connectivity index (χ4v) is 3.15. The molecular formula is C13H10BrClOS. The van der Waals surface area contributed by atoms with E-state index in [4.69, 9.17) is 11.6 Å². The largest absolute Gasteiger partial charge is 0.288 e. The third-order valence-corrected chi connectivity index (χ3v) is 4.58. The summed E-state index contributed by atoms with van der Waals surface area (Å²) in [6, 6.07) is 7.41. The fourth-order valence-electron chi connectivity index (χ4n) is 1.59. The van der Waals surface area contributed by atoms with Gasteiger partial charge in [-0.1, -0.05) is 11.6 Å². The van der Waals surface area contributed by atoms with Gasteiger partial charge in [0.1, 0.15) is 0 Å². The first-order valence-electron chi connectivity index (χ1n) is 5.06. The van der Waals surface area contributed by atoms with Gasteiger partial charge in [0.05, 0.1) is 8.66 Å². The maximum Gasteiger partial charge on any atom is 0.203 e. The van der Waals surface area contributed by atoms with Crippen LogP contribution in [0.5, 0.6) is 0 Å². The summed E-state index contributed by atoms with van der Waals surface area (Å²) >= 11 is 10.8. The number of carbonyl (C=O) groups excluding carboxylic acids is 1. The van der Waals surface area contributed by atoms with E-state index in [1.165, 1.54) is 11.3 Å². The van der Waals surface area contributed by atoms with Crippen molar-refractivity contribution in [3.05, 3.63) is 54.6 Å². The number of rotatable bonds is 2. The molecule has 2 aromatic rings. The molecule has 0 fully saturated rings. The van der Waals surface area contributed by atoms with Crippen molar-refractivity contribution in [1.82, 2.24) is 0 Å². The lowest BCUT2D eigenvalue weighted by Gasteiger charge is -2.06. The zero-order valence-corrected chi connectivity index (χ0v) is 12.5. The molecule has 88 valence electrons. The van der Waals surface area contributed by atoms with Crippen LogP contribution < -0.4 is 0 Å². The fraction of sp³-hybridized carbons (Fsp3) is 0.154. The third kappa shape index (κ3) is 2.62. The van der Waals surface area contributed by atoms with Crippen LogP contribution in [0.4, 0.5) is 0 Å². The summed E-state index contributed by atoms with van der Waals surface area (Å²) in [5, 5.41) is 0.700. The molecule has 4 heteroatoms. The Morgan fingerprint density at radius 1 is 1.24 bits per heavy atom. The third-order valence-electron chi connectivity index (χ3n) is 2.55. The van der Waals surface area contributed by atoms with Gasteiger partial charge in [-0.05, 0) is 65.2 Å². The van der Waals surface area contributed by atoms with Gasteiger partial charge in [-0.2, -0.15) is 0 Å². The van der Waals surface area contributed by atoms with Crippen molar-refractivity contribution in [3.8, 4) is 0 Å². The Kier molecular flexibility index (Phi) is 3.71. The molecule has 0 radical (unpaired) electrons. The molecule has 0 aliphatic heterocycles. The minimum atomic E-state index is 0.0537. The second-order valence-corrected chi connectivity index (χ2v) is 6.72. The van der Waals surface area contributed by atoms with Crippen molar-refractivity contribution in [1.29, 1.82) is 0 Å². The molecule has 0 aliphatic carbocycles. The summed E-state index contributed by atoms with van der Waals surface area (Å²) in [7, 11) is 0. The molecule has 0 unspecified atom stereocenters. The quantitative estimate of drug-likeness (QED) is 0.708. The van der Waals surface area contributed by atoms with E-state index in [9.17, 15) is 4.79 Å². The number of hydrogen-bond donors (Lipinski definition) is 0. The summed E-state index contributed by atoms with van der Waals surface area (Å²) in [4.78, 5) is 13.0. The first-order valence-corrected chi connectivity index (χ1v) is 7.04. The Morgan fingerprint density at radius 3 is 2.53 bits per heavy atom. The second kappa shape index (κ2) is 4.92. The minimum Gasteiger partial charge on any atom is -0.288 e. The van der Waals surface area contributed by atoms with Gasteiger partial charge in [-0.25, -0.2) is 0 Å². The number of aryl methyl sites for hydroxylation is 2. The van der Waals surface area contributed by atoms with Crippen LogP contribution in [0.15, 0.2) is 28.1 Å². The van der Waals surface area contributed by atoms with Crippen LogP contribution in [-0.4, -0.2) is 5.78 Å². The Labute approximate surface area is 118 Å². The highest BCUT2D eigenvalue weighted by Crippen LogP contribution is 2.27. The van der Waals surface area contributed by atoms with E-state index in [0.717, 1.165) is 25.4 Å². The van der Waals surface area contributed by atoms with E-state index in [2.05, 4.69) is 15.9 Å². The molecule has 2 rings (SSSR count). The number of thiophene rings is 1. The topological polar surface area (TPSA) is 17.1 Å². The Bertz CT molecular complexity index is 589. The molecule has 0 bridgehead atoms. The van der Waals surface area contributed by atoms with Crippen molar-refractivity contribution < 1.29 is 4.79 Å². The van der Waals surface area contributed by atoms with Gasteiger partial charge < -0.3 is 0 Å². The summed E-state index contributed by atoms with van der Waals surface area (Å²) in [6.45, 7) is 3.81. The smallest absolute Gasteiger partial charge is 0.203 e. The zero-order chi connectivity index (χ0) is 12.6. The molecule has 1 nitrogen and oxygen atoms in total. The van der Waals surface area contributed by atoms with Gasteiger partial charge in [0.15, 0.2) is 0 Å². The molecule has 0 spiro atoms. The second-order valence-electron chi connectivity index (χ2n) is 3.85. The average molecular weight is 330 g/mol. The summed E-state index contributed by atoms with van der Waals surface area (Å²) in [6.07, 6.45) is 0. The minimum absolute atomic E-state index is 0.0537. The van der Waals surface area contributed by atoms with E-state index in [1.807, 2.05) is 38.1 Å². The van der Waals surface area contributed by atoms with Crippen LogP contribution in [0.3, 0.4) is 0 Å². The molecule has 0 amide bonds. The van der Waals surface area contributed by atoms with Gasteiger partial charge in [-0.3, -0.25) is 4.79 Å². The number of benzene rings is 1. The van der Waals surface area contributed by atoms with Crippen molar-refractivity contribution >= 4 is 44.7 Å². The highest BCUT2D eigenvalue weighted by Gasteiger charge is 2.15. The summed E-state index contributed by atoms with van der Waals surface area (Å²) in [5.41, 5.74) is 2.56. The first-order chi connectivity index (χ1) is 7.99. The average Bonchev–Trinajstić information content (AvgIpc) is 2.69. The van der Waals surface area contributed by atoms with E-state index in [0.29, 0.717) is 5.02 Å². The first kappa shape index (κ1) is 12.8. The lowest BCUT2D eigenvalue weighted by atomic mass is 10.0. The molecular weight excluding hydrogens is 320 g/mol. The Balaban J connectivity index is 2.47. The molecule has 1 aromatic carbocycles. The van der Waals surface area contributed by atoms with Crippen LogP contribution in [0.25, 0.3) is 0 Å². The molecule has 0 saturated heterocycles. The van der Waals surface area contributed by atoms with E-state index in [1.54, 1.807) is 0 Å². The summed E-state index contributed by atoms with van der Waals surface area (Å²) in [5.74, 6) is 0.0537. The highest BCUT2D eigenvalue weighted by atomic mass is 79.9. The van der Waals surface area contributed by atoms with Crippen molar-refractivity contribution in [2.24, 2.45) is 0 Å².